The number of para-hydroxylation sites is 1. The van der Waals surface area contributed by atoms with Crippen molar-refractivity contribution in [2.75, 3.05) is 12.3 Å². The fourth-order valence-corrected chi connectivity index (χ4v) is 4.56. The van der Waals surface area contributed by atoms with Gasteiger partial charge in [0.2, 0.25) is 0 Å². The third-order valence-corrected chi connectivity index (χ3v) is 6.12. The number of hydrogen-bond acceptors (Lipinski definition) is 4. The first-order valence-electron chi connectivity index (χ1n) is 8.30. The van der Waals surface area contributed by atoms with Crippen LogP contribution in [0.25, 0.3) is 11.2 Å². The Morgan fingerprint density at radius 3 is 2.79 bits per heavy atom. The summed E-state index contributed by atoms with van der Waals surface area (Å²) in [6.45, 7) is 3.09. The average molecular weight is 340 g/mol. The maximum Gasteiger partial charge on any atom is 0.282 e. The molecule has 1 fully saturated rings. The minimum atomic E-state index is -0.342. The van der Waals surface area contributed by atoms with E-state index < -0.39 is 0 Å². The van der Waals surface area contributed by atoms with Gasteiger partial charge in [-0.1, -0.05) is 25.1 Å². The third-order valence-electron chi connectivity index (χ3n) is 4.52. The Hall–Kier alpha value is -2.05. The SMILES string of the molecule is CC[C@]1(c2nn3cccc3c(=O)n2-c2ccccc2)NCCCS1. The first-order valence-corrected chi connectivity index (χ1v) is 9.29. The highest BCUT2D eigenvalue weighted by molar-refractivity contribution is 8.00. The number of hydrogen-bond donors (Lipinski definition) is 1. The largest absolute Gasteiger partial charge is 0.296 e. The van der Waals surface area contributed by atoms with Crippen LogP contribution >= 0.6 is 11.8 Å². The fraction of sp³-hybridized carbons (Fsp3) is 0.333. The summed E-state index contributed by atoms with van der Waals surface area (Å²) < 4.78 is 3.47. The van der Waals surface area contributed by atoms with Gasteiger partial charge in [-0.25, -0.2) is 4.52 Å². The number of thioether (sulfide) groups is 1. The van der Waals surface area contributed by atoms with E-state index in [9.17, 15) is 4.79 Å². The lowest BCUT2D eigenvalue weighted by Crippen LogP contribution is -2.47. The van der Waals surface area contributed by atoms with E-state index >= 15 is 0 Å². The zero-order chi connectivity index (χ0) is 16.6. The molecule has 0 bridgehead atoms. The molecule has 1 aliphatic rings. The van der Waals surface area contributed by atoms with Crippen molar-refractivity contribution in [2.45, 2.75) is 24.6 Å². The summed E-state index contributed by atoms with van der Waals surface area (Å²) >= 11 is 1.85. The second-order valence-electron chi connectivity index (χ2n) is 5.95. The first kappa shape index (κ1) is 15.5. The maximum absolute atomic E-state index is 13.2. The van der Waals surface area contributed by atoms with Gasteiger partial charge in [0, 0.05) is 6.20 Å². The van der Waals surface area contributed by atoms with Gasteiger partial charge in [-0.3, -0.25) is 14.7 Å². The fourth-order valence-electron chi connectivity index (χ4n) is 3.25. The van der Waals surface area contributed by atoms with Crippen LogP contribution < -0.4 is 10.9 Å². The van der Waals surface area contributed by atoms with Crippen molar-refractivity contribution in [3.05, 3.63) is 64.8 Å². The standard InChI is InChI=1S/C18H20N4OS/c1-2-18(19-11-7-13-24-18)17-20-21-12-6-10-15(21)16(23)22(17)14-8-4-3-5-9-14/h3-6,8-10,12,19H,2,7,11,13H2,1H3/t18-/m0/s1. The highest BCUT2D eigenvalue weighted by Gasteiger charge is 2.38. The molecule has 6 heteroatoms. The van der Waals surface area contributed by atoms with Crippen LogP contribution in [0.15, 0.2) is 53.5 Å². The van der Waals surface area contributed by atoms with Gasteiger partial charge in [0.05, 0.1) is 5.69 Å². The predicted molar refractivity (Wildman–Crippen MR) is 97.8 cm³/mol. The van der Waals surface area contributed by atoms with Crippen LogP contribution in [0, 0.1) is 0 Å². The zero-order valence-electron chi connectivity index (χ0n) is 13.6. The third kappa shape index (κ3) is 2.37. The lowest BCUT2D eigenvalue weighted by atomic mass is 10.1. The molecule has 3 aromatic rings. The smallest absolute Gasteiger partial charge is 0.282 e. The molecular formula is C18H20N4OS. The Morgan fingerprint density at radius 2 is 2.08 bits per heavy atom. The van der Waals surface area contributed by atoms with Gasteiger partial charge in [0.25, 0.3) is 5.56 Å². The molecular weight excluding hydrogens is 320 g/mol. The molecule has 3 heterocycles. The van der Waals surface area contributed by atoms with E-state index in [0.29, 0.717) is 5.52 Å². The zero-order valence-corrected chi connectivity index (χ0v) is 14.4. The molecule has 1 N–H and O–H groups in total. The maximum atomic E-state index is 13.2. The summed E-state index contributed by atoms with van der Waals surface area (Å²) in [6, 6.07) is 13.5. The molecule has 124 valence electrons. The Labute approximate surface area is 144 Å². The molecule has 0 unspecified atom stereocenters. The van der Waals surface area contributed by atoms with Crippen LogP contribution in [0.1, 0.15) is 25.6 Å². The summed E-state index contributed by atoms with van der Waals surface area (Å²) in [7, 11) is 0. The van der Waals surface area contributed by atoms with Gasteiger partial charge in [0.15, 0.2) is 5.82 Å². The number of benzene rings is 1. The normalized spacial score (nSPS) is 21.2. The van der Waals surface area contributed by atoms with E-state index in [-0.39, 0.29) is 10.4 Å². The summed E-state index contributed by atoms with van der Waals surface area (Å²) in [5, 5.41) is 8.46. The van der Waals surface area contributed by atoms with Gasteiger partial charge in [-0.05, 0) is 49.4 Å². The monoisotopic (exact) mass is 340 g/mol. The minimum absolute atomic E-state index is 0.0306. The van der Waals surface area contributed by atoms with Gasteiger partial charge < -0.3 is 0 Å². The van der Waals surface area contributed by atoms with E-state index in [1.54, 1.807) is 9.08 Å². The Balaban J connectivity index is 2.05. The van der Waals surface area contributed by atoms with Crippen molar-refractivity contribution in [1.82, 2.24) is 19.5 Å². The highest BCUT2D eigenvalue weighted by atomic mass is 32.2. The van der Waals surface area contributed by atoms with Crippen LogP contribution in [-0.2, 0) is 4.87 Å². The highest BCUT2D eigenvalue weighted by Crippen LogP contribution is 2.39. The molecule has 0 aliphatic carbocycles. The number of rotatable bonds is 3. The summed E-state index contributed by atoms with van der Waals surface area (Å²) in [5.74, 6) is 1.84. The van der Waals surface area contributed by atoms with Crippen molar-refractivity contribution < 1.29 is 0 Å². The van der Waals surface area contributed by atoms with Crippen molar-refractivity contribution in [1.29, 1.82) is 0 Å². The number of fused-ring (bicyclic) bond motifs is 1. The molecule has 0 amide bonds. The van der Waals surface area contributed by atoms with Crippen molar-refractivity contribution in [2.24, 2.45) is 0 Å². The number of aromatic nitrogens is 3. The average Bonchev–Trinajstić information content (AvgIpc) is 3.12. The Bertz CT molecular complexity index is 910. The van der Waals surface area contributed by atoms with Crippen LogP contribution in [0.2, 0.25) is 0 Å². The van der Waals surface area contributed by atoms with Crippen molar-refractivity contribution in [3.63, 3.8) is 0 Å². The predicted octanol–water partition coefficient (Wildman–Crippen LogP) is 2.77. The number of nitrogens with zero attached hydrogens (tertiary/aromatic N) is 3. The van der Waals surface area contributed by atoms with Crippen LogP contribution in [0.4, 0.5) is 0 Å². The molecule has 0 saturated carbocycles. The Kier molecular flexibility index (Phi) is 3.94. The van der Waals surface area contributed by atoms with Crippen LogP contribution in [-0.4, -0.2) is 26.5 Å². The topological polar surface area (TPSA) is 51.3 Å². The molecule has 5 nitrogen and oxygen atoms in total. The van der Waals surface area contributed by atoms with E-state index in [1.807, 2.05) is 60.4 Å². The van der Waals surface area contributed by atoms with Crippen molar-refractivity contribution in [3.8, 4) is 5.69 Å². The van der Waals surface area contributed by atoms with Gasteiger partial charge >= 0.3 is 0 Å². The first-order chi connectivity index (χ1) is 11.7. The molecule has 1 saturated heterocycles. The van der Waals surface area contributed by atoms with Gasteiger partial charge in [-0.2, -0.15) is 5.10 Å². The molecule has 1 aliphatic heterocycles. The Morgan fingerprint density at radius 1 is 1.25 bits per heavy atom. The molecule has 0 radical (unpaired) electrons. The lowest BCUT2D eigenvalue weighted by molar-refractivity contribution is 0.415. The second kappa shape index (κ2) is 6.11. The minimum Gasteiger partial charge on any atom is -0.296 e. The molecule has 0 spiro atoms. The lowest BCUT2D eigenvalue weighted by Gasteiger charge is -2.37. The second-order valence-corrected chi connectivity index (χ2v) is 7.34. The van der Waals surface area contributed by atoms with Crippen LogP contribution in [0.3, 0.4) is 0 Å². The summed E-state index contributed by atoms with van der Waals surface area (Å²) in [6.07, 6.45) is 3.84. The van der Waals surface area contributed by atoms with Crippen LogP contribution in [0.5, 0.6) is 0 Å². The quantitative estimate of drug-likeness (QED) is 0.796. The molecule has 1 atom stereocenters. The van der Waals surface area contributed by atoms with E-state index in [1.165, 1.54) is 0 Å². The molecule has 1 aromatic carbocycles. The summed E-state index contributed by atoms with van der Waals surface area (Å²) in [5.41, 5.74) is 1.42. The summed E-state index contributed by atoms with van der Waals surface area (Å²) in [4.78, 5) is 12.8. The molecule has 4 rings (SSSR count). The van der Waals surface area contributed by atoms with E-state index in [4.69, 9.17) is 5.10 Å². The van der Waals surface area contributed by atoms with Crippen molar-refractivity contribution >= 4 is 17.3 Å². The van der Waals surface area contributed by atoms with Gasteiger partial charge in [-0.15, -0.1) is 11.8 Å². The van der Waals surface area contributed by atoms with Gasteiger partial charge in [0.1, 0.15) is 10.4 Å². The number of nitrogens with one attached hydrogen (secondary N) is 1. The molecule has 24 heavy (non-hydrogen) atoms. The molecule has 2 aromatic heterocycles. The van der Waals surface area contributed by atoms with E-state index in [2.05, 4.69) is 12.2 Å². The van der Waals surface area contributed by atoms with E-state index in [0.717, 1.165) is 36.7 Å².